The molecule has 7 heteroatoms. The number of rotatable bonds is 7. The van der Waals surface area contributed by atoms with Crippen LogP contribution in [-0.2, 0) is 11.4 Å². The molecular formula is C20H19N3O3S. The molecular weight excluding hydrogens is 362 g/mol. The zero-order valence-electron chi connectivity index (χ0n) is 14.7. The van der Waals surface area contributed by atoms with Crippen LogP contribution in [-0.4, -0.2) is 16.8 Å². The van der Waals surface area contributed by atoms with Crippen molar-refractivity contribution >= 4 is 23.2 Å². The van der Waals surface area contributed by atoms with Crippen molar-refractivity contribution in [2.24, 2.45) is 5.73 Å². The van der Waals surface area contributed by atoms with Crippen LogP contribution in [0.1, 0.15) is 32.7 Å². The number of nitrogens with zero attached hydrogens (tertiary/aromatic N) is 1. The van der Waals surface area contributed by atoms with E-state index in [9.17, 15) is 9.59 Å². The fourth-order valence-corrected chi connectivity index (χ4v) is 3.11. The highest BCUT2D eigenvalue weighted by molar-refractivity contribution is 7.09. The smallest absolute Gasteiger partial charge is 0.252 e. The molecule has 0 saturated carbocycles. The van der Waals surface area contributed by atoms with Gasteiger partial charge in [-0.1, -0.05) is 30.3 Å². The van der Waals surface area contributed by atoms with E-state index >= 15 is 0 Å². The number of nitrogens with two attached hydrogens (primary N) is 1. The molecule has 1 aromatic heterocycles. The molecule has 2 amide bonds. The summed E-state index contributed by atoms with van der Waals surface area (Å²) in [6.45, 7) is 2.31. The minimum Gasteiger partial charge on any atom is -0.487 e. The van der Waals surface area contributed by atoms with Gasteiger partial charge in [0.15, 0.2) is 0 Å². The van der Waals surface area contributed by atoms with E-state index < -0.39 is 11.9 Å². The van der Waals surface area contributed by atoms with Crippen molar-refractivity contribution in [3.63, 3.8) is 0 Å². The van der Waals surface area contributed by atoms with Gasteiger partial charge in [0.05, 0.1) is 10.7 Å². The van der Waals surface area contributed by atoms with Gasteiger partial charge in [0.1, 0.15) is 18.4 Å². The van der Waals surface area contributed by atoms with Gasteiger partial charge in [-0.05, 0) is 36.8 Å². The van der Waals surface area contributed by atoms with Crippen LogP contribution in [0, 0.1) is 6.92 Å². The highest BCUT2D eigenvalue weighted by Crippen LogP contribution is 2.17. The van der Waals surface area contributed by atoms with Gasteiger partial charge >= 0.3 is 0 Å². The number of carbonyl (C=O) groups is 2. The molecule has 0 unspecified atom stereocenters. The summed E-state index contributed by atoms with van der Waals surface area (Å²) < 4.78 is 5.67. The summed E-state index contributed by atoms with van der Waals surface area (Å²) in [5.74, 6) is -0.371. The molecule has 2 aromatic carbocycles. The van der Waals surface area contributed by atoms with E-state index in [2.05, 4.69) is 10.3 Å². The minimum atomic E-state index is -0.887. The maximum atomic E-state index is 12.5. The number of amides is 2. The van der Waals surface area contributed by atoms with Crippen molar-refractivity contribution in [1.29, 1.82) is 0 Å². The third-order valence-electron chi connectivity index (χ3n) is 3.86. The number of ether oxygens (including phenoxy) is 1. The summed E-state index contributed by atoms with van der Waals surface area (Å²) >= 11 is 1.57. The van der Waals surface area contributed by atoms with E-state index in [1.807, 2.05) is 18.4 Å². The first-order valence-electron chi connectivity index (χ1n) is 8.32. The molecule has 27 heavy (non-hydrogen) atoms. The highest BCUT2D eigenvalue weighted by Gasteiger charge is 2.20. The van der Waals surface area contributed by atoms with Crippen LogP contribution in [0.5, 0.6) is 5.75 Å². The Bertz CT molecular complexity index is 923. The number of nitrogens with one attached hydrogen (secondary N) is 1. The fraction of sp³-hybridized carbons (Fsp3) is 0.150. The van der Waals surface area contributed by atoms with Crippen molar-refractivity contribution < 1.29 is 14.3 Å². The maximum Gasteiger partial charge on any atom is 0.252 e. The van der Waals surface area contributed by atoms with Crippen LogP contribution >= 0.6 is 11.3 Å². The second-order valence-electron chi connectivity index (χ2n) is 5.89. The minimum absolute atomic E-state index is 0.369. The Kier molecular flexibility index (Phi) is 5.83. The average molecular weight is 381 g/mol. The number of primary amides is 1. The summed E-state index contributed by atoms with van der Waals surface area (Å²) in [5.41, 5.74) is 7.35. The van der Waals surface area contributed by atoms with Gasteiger partial charge in [-0.15, -0.1) is 11.3 Å². The molecule has 0 aliphatic carbocycles. The van der Waals surface area contributed by atoms with Crippen LogP contribution in [0.25, 0.3) is 0 Å². The predicted molar refractivity (Wildman–Crippen MR) is 103 cm³/mol. The highest BCUT2D eigenvalue weighted by atomic mass is 32.1. The Morgan fingerprint density at radius 2 is 1.85 bits per heavy atom. The number of hydrogen-bond acceptors (Lipinski definition) is 5. The number of aromatic nitrogens is 1. The molecule has 0 aliphatic heterocycles. The zero-order chi connectivity index (χ0) is 19.2. The topological polar surface area (TPSA) is 94.3 Å². The Morgan fingerprint density at radius 1 is 1.15 bits per heavy atom. The van der Waals surface area contributed by atoms with Crippen LogP contribution < -0.4 is 15.8 Å². The van der Waals surface area contributed by atoms with E-state index in [1.54, 1.807) is 59.9 Å². The summed E-state index contributed by atoms with van der Waals surface area (Å²) in [7, 11) is 0. The molecule has 0 spiro atoms. The Hall–Kier alpha value is -3.19. The molecule has 0 bridgehead atoms. The second kappa shape index (κ2) is 8.46. The Balaban J connectivity index is 1.63. The molecule has 0 radical (unpaired) electrons. The molecule has 3 aromatic rings. The lowest BCUT2D eigenvalue weighted by molar-refractivity contribution is -0.120. The van der Waals surface area contributed by atoms with Gasteiger partial charge in [-0.3, -0.25) is 9.59 Å². The van der Waals surface area contributed by atoms with E-state index in [4.69, 9.17) is 10.5 Å². The van der Waals surface area contributed by atoms with E-state index in [1.165, 1.54) is 0 Å². The monoisotopic (exact) mass is 381 g/mol. The molecule has 0 saturated heterocycles. The lowest BCUT2D eigenvalue weighted by Crippen LogP contribution is -2.37. The number of aryl methyl sites for hydroxylation is 1. The standard InChI is InChI=1S/C20H19N3O3S/c1-13-22-16(12-27-13)11-26-17-9-7-15(8-10-17)20(25)23-18(19(21)24)14-5-3-2-4-6-14/h2-10,12,18H,11H2,1H3,(H2,21,24)(H,23,25)/t18-/m0/s1. The number of hydrogen-bond donors (Lipinski definition) is 2. The van der Waals surface area contributed by atoms with Crippen LogP contribution in [0.4, 0.5) is 0 Å². The van der Waals surface area contributed by atoms with Gasteiger partial charge in [0.25, 0.3) is 5.91 Å². The average Bonchev–Trinajstić information content (AvgIpc) is 3.10. The first kappa shape index (κ1) is 18.6. The van der Waals surface area contributed by atoms with Crippen LogP contribution in [0.15, 0.2) is 60.0 Å². The molecule has 3 N–H and O–H groups in total. The molecule has 1 heterocycles. The Morgan fingerprint density at radius 3 is 2.44 bits per heavy atom. The maximum absolute atomic E-state index is 12.5. The SMILES string of the molecule is Cc1nc(COc2ccc(C(=O)N[C@H](C(N)=O)c3ccccc3)cc2)cs1. The van der Waals surface area contributed by atoms with Crippen LogP contribution in [0.2, 0.25) is 0 Å². The summed E-state index contributed by atoms with van der Waals surface area (Å²) in [5, 5.41) is 5.60. The second-order valence-corrected chi connectivity index (χ2v) is 6.95. The lowest BCUT2D eigenvalue weighted by Gasteiger charge is -2.16. The van der Waals surface area contributed by atoms with Crippen molar-refractivity contribution in [3.8, 4) is 5.75 Å². The molecule has 1 atom stereocenters. The third kappa shape index (κ3) is 4.92. The van der Waals surface area contributed by atoms with E-state index in [-0.39, 0.29) is 5.91 Å². The summed E-state index contributed by atoms with van der Waals surface area (Å²) in [6, 6.07) is 14.7. The van der Waals surface area contributed by atoms with Crippen molar-refractivity contribution in [1.82, 2.24) is 10.3 Å². The van der Waals surface area contributed by atoms with Gasteiger partial charge in [-0.25, -0.2) is 4.98 Å². The van der Waals surface area contributed by atoms with Crippen molar-refractivity contribution in [3.05, 3.63) is 81.8 Å². The quantitative estimate of drug-likeness (QED) is 0.658. The number of thiazole rings is 1. The van der Waals surface area contributed by atoms with Gasteiger partial charge in [0.2, 0.25) is 5.91 Å². The van der Waals surface area contributed by atoms with E-state index in [0.29, 0.717) is 23.5 Å². The van der Waals surface area contributed by atoms with Gasteiger partial charge < -0.3 is 15.8 Å². The summed E-state index contributed by atoms with van der Waals surface area (Å²) in [6.07, 6.45) is 0. The first-order valence-corrected chi connectivity index (χ1v) is 9.20. The molecule has 0 aliphatic rings. The third-order valence-corrected chi connectivity index (χ3v) is 4.68. The fourth-order valence-electron chi connectivity index (χ4n) is 2.51. The van der Waals surface area contributed by atoms with E-state index in [0.717, 1.165) is 10.7 Å². The first-order chi connectivity index (χ1) is 13.0. The normalized spacial score (nSPS) is 11.6. The number of benzene rings is 2. The van der Waals surface area contributed by atoms with Crippen molar-refractivity contribution in [2.75, 3.05) is 0 Å². The molecule has 0 fully saturated rings. The van der Waals surface area contributed by atoms with Crippen molar-refractivity contribution in [2.45, 2.75) is 19.6 Å². The Labute approximate surface area is 161 Å². The number of carbonyl (C=O) groups excluding carboxylic acids is 2. The molecule has 138 valence electrons. The predicted octanol–water partition coefficient (Wildman–Crippen LogP) is 2.99. The molecule has 3 rings (SSSR count). The van der Waals surface area contributed by atoms with Crippen LogP contribution in [0.3, 0.4) is 0 Å². The van der Waals surface area contributed by atoms with Gasteiger partial charge in [0, 0.05) is 10.9 Å². The van der Waals surface area contributed by atoms with Gasteiger partial charge in [-0.2, -0.15) is 0 Å². The zero-order valence-corrected chi connectivity index (χ0v) is 15.5. The molecule has 6 nitrogen and oxygen atoms in total. The lowest BCUT2D eigenvalue weighted by atomic mass is 10.1. The largest absolute Gasteiger partial charge is 0.487 e. The summed E-state index contributed by atoms with van der Waals surface area (Å²) in [4.78, 5) is 28.5.